The highest BCUT2D eigenvalue weighted by Crippen LogP contribution is 2.27. The minimum Gasteiger partial charge on any atom is -0.399 e. The van der Waals surface area contributed by atoms with Gasteiger partial charge in [0.15, 0.2) is 0 Å². The average Bonchev–Trinajstić information content (AvgIpc) is 2.48. The molecule has 1 heterocycles. The number of anilines is 2. The zero-order valence-corrected chi connectivity index (χ0v) is 12.8. The Balaban J connectivity index is 2.39. The Labute approximate surface area is 124 Å². The molecule has 0 saturated carbocycles. The van der Waals surface area contributed by atoms with Crippen molar-refractivity contribution in [2.45, 2.75) is 11.4 Å². The van der Waals surface area contributed by atoms with Crippen molar-refractivity contribution in [1.82, 2.24) is 9.71 Å². The Morgan fingerprint density at radius 2 is 2.05 bits per heavy atom. The summed E-state index contributed by atoms with van der Waals surface area (Å²) in [6.45, 7) is 0.497. The van der Waals surface area contributed by atoms with Crippen LogP contribution < -0.4 is 15.4 Å². The molecule has 112 valence electrons. The van der Waals surface area contributed by atoms with Crippen molar-refractivity contribution >= 4 is 21.4 Å². The first-order chi connectivity index (χ1) is 9.94. The molecule has 1 aromatic carbocycles. The number of aromatic nitrogens is 1. The summed E-state index contributed by atoms with van der Waals surface area (Å²) in [5.74, 6) is 0. The number of nitrogen functional groups attached to an aromatic ring is 1. The van der Waals surface area contributed by atoms with Gasteiger partial charge in [0.2, 0.25) is 10.0 Å². The largest absolute Gasteiger partial charge is 0.399 e. The predicted octanol–water partition coefficient (Wildman–Crippen LogP) is 1.21. The molecule has 3 N–H and O–H groups in total. The molecule has 0 fully saturated rings. The van der Waals surface area contributed by atoms with E-state index in [0.29, 0.717) is 17.9 Å². The van der Waals surface area contributed by atoms with Gasteiger partial charge in [0.05, 0.1) is 17.9 Å². The zero-order valence-electron chi connectivity index (χ0n) is 11.9. The number of hydrogen-bond donors (Lipinski definition) is 2. The summed E-state index contributed by atoms with van der Waals surface area (Å²) in [4.78, 5) is 6.22. The van der Waals surface area contributed by atoms with E-state index in [0.717, 1.165) is 5.69 Å². The van der Waals surface area contributed by atoms with Crippen molar-refractivity contribution in [2.24, 2.45) is 0 Å². The van der Waals surface area contributed by atoms with Crippen molar-refractivity contribution in [1.29, 1.82) is 0 Å². The molecular formula is C14H18N4O2S. The molecular weight excluding hydrogens is 288 g/mol. The van der Waals surface area contributed by atoms with E-state index in [2.05, 4.69) is 9.71 Å². The minimum absolute atomic E-state index is 0.156. The lowest BCUT2D eigenvalue weighted by molar-refractivity contribution is 0.588. The second-order valence-electron chi connectivity index (χ2n) is 4.61. The van der Waals surface area contributed by atoms with Gasteiger partial charge >= 0.3 is 0 Å². The van der Waals surface area contributed by atoms with Gasteiger partial charge in [-0.3, -0.25) is 4.98 Å². The molecule has 1 aromatic heterocycles. The van der Waals surface area contributed by atoms with E-state index in [9.17, 15) is 8.42 Å². The highest BCUT2D eigenvalue weighted by molar-refractivity contribution is 7.89. The molecule has 0 aliphatic carbocycles. The fourth-order valence-electron chi connectivity index (χ4n) is 1.99. The van der Waals surface area contributed by atoms with E-state index in [1.165, 1.54) is 13.1 Å². The molecule has 0 atom stereocenters. The van der Waals surface area contributed by atoms with E-state index in [1.807, 2.05) is 30.1 Å². The number of rotatable bonds is 5. The maximum atomic E-state index is 12.1. The fourth-order valence-corrected chi connectivity index (χ4v) is 3.00. The highest BCUT2D eigenvalue weighted by Gasteiger charge is 2.19. The average molecular weight is 306 g/mol. The molecule has 21 heavy (non-hydrogen) atoms. The summed E-state index contributed by atoms with van der Waals surface area (Å²) in [6.07, 6.45) is 1.71. The molecule has 0 spiro atoms. The lowest BCUT2D eigenvalue weighted by Crippen LogP contribution is -2.24. The van der Waals surface area contributed by atoms with Crippen LogP contribution in [0.4, 0.5) is 11.4 Å². The van der Waals surface area contributed by atoms with E-state index in [1.54, 1.807) is 18.3 Å². The summed E-state index contributed by atoms with van der Waals surface area (Å²) in [7, 11) is -0.390. The van der Waals surface area contributed by atoms with Gasteiger partial charge in [-0.15, -0.1) is 0 Å². The first-order valence-electron chi connectivity index (χ1n) is 6.38. The molecule has 0 amide bonds. The summed E-state index contributed by atoms with van der Waals surface area (Å²) >= 11 is 0. The molecule has 0 bridgehead atoms. The Bertz CT molecular complexity index is 717. The van der Waals surface area contributed by atoms with Crippen LogP contribution in [0, 0.1) is 0 Å². The quantitative estimate of drug-likeness (QED) is 0.811. The van der Waals surface area contributed by atoms with Crippen molar-refractivity contribution in [3.05, 3.63) is 48.3 Å². The molecule has 2 aromatic rings. The van der Waals surface area contributed by atoms with Crippen LogP contribution in [0.1, 0.15) is 5.69 Å². The third-order valence-corrected chi connectivity index (χ3v) is 4.52. The normalized spacial score (nSPS) is 11.3. The Morgan fingerprint density at radius 1 is 1.29 bits per heavy atom. The maximum Gasteiger partial charge on any atom is 0.242 e. The number of hydrogen-bond acceptors (Lipinski definition) is 5. The van der Waals surface area contributed by atoms with Crippen LogP contribution >= 0.6 is 0 Å². The van der Waals surface area contributed by atoms with Gasteiger partial charge in [-0.1, -0.05) is 6.07 Å². The number of pyridine rings is 1. The van der Waals surface area contributed by atoms with Gasteiger partial charge < -0.3 is 10.6 Å². The van der Waals surface area contributed by atoms with Crippen molar-refractivity contribution in [2.75, 3.05) is 24.7 Å². The molecule has 0 saturated heterocycles. The third-order valence-electron chi connectivity index (χ3n) is 3.08. The van der Waals surface area contributed by atoms with Gasteiger partial charge in [0.1, 0.15) is 4.90 Å². The maximum absolute atomic E-state index is 12.1. The van der Waals surface area contributed by atoms with Crippen molar-refractivity contribution in [3.63, 3.8) is 0 Å². The highest BCUT2D eigenvalue weighted by atomic mass is 32.2. The third kappa shape index (κ3) is 3.50. The summed E-state index contributed by atoms with van der Waals surface area (Å²) in [6, 6.07) is 10.4. The monoisotopic (exact) mass is 306 g/mol. The van der Waals surface area contributed by atoms with Gasteiger partial charge in [0, 0.05) is 18.9 Å². The number of nitrogens with one attached hydrogen (secondary N) is 1. The fraction of sp³-hybridized carbons (Fsp3) is 0.214. The minimum atomic E-state index is -3.58. The Morgan fingerprint density at radius 3 is 2.67 bits per heavy atom. The van der Waals surface area contributed by atoms with Gasteiger partial charge in [-0.2, -0.15) is 0 Å². The predicted molar refractivity (Wildman–Crippen MR) is 83.4 cm³/mol. The Kier molecular flexibility index (Phi) is 4.44. The SMILES string of the molecule is CNS(=O)(=O)c1cc(N)ccc1N(C)Cc1ccccn1. The molecule has 0 aliphatic rings. The topological polar surface area (TPSA) is 88.3 Å². The van der Waals surface area contributed by atoms with Crippen molar-refractivity contribution < 1.29 is 8.42 Å². The second-order valence-corrected chi connectivity index (χ2v) is 6.47. The first kappa shape index (κ1) is 15.3. The van der Waals surface area contributed by atoms with Crippen LogP contribution in [0.5, 0.6) is 0 Å². The summed E-state index contributed by atoms with van der Waals surface area (Å²) < 4.78 is 26.6. The number of nitrogens with two attached hydrogens (primary N) is 1. The zero-order chi connectivity index (χ0) is 15.5. The van der Waals surface area contributed by atoms with Gasteiger partial charge in [-0.25, -0.2) is 13.1 Å². The van der Waals surface area contributed by atoms with E-state index in [4.69, 9.17) is 5.73 Å². The van der Waals surface area contributed by atoms with E-state index >= 15 is 0 Å². The number of sulfonamides is 1. The second kappa shape index (κ2) is 6.11. The molecule has 0 aliphatic heterocycles. The summed E-state index contributed by atoms with van der Waals surface area (Å²) in [5.41, 5.74) is 7.54. The molecule has 0 radical (unpaired) electrons. The van der Waals surface area contributed by atoms with Gasteiger partial charge in [-0.05, 0) is 37.4 Å². The number of nitrogens with zero attached hydrogens (tertiary/aromatic N) is 2. The van der Waals surface area contributed by atoms with Crippen LogP contribution in [0.25, 0.3) is 0 Å². The summed E-state index contributed by atoms with van der Waals surface area (Å²) in [5, 5.41) is 0. The van der Waals surface area contributed by atoms with Gasteiger partial charge in [0.25, 0.3) is 0 Å². The lowest BCUT2D eigenvalue weighted by Gasteiger charge is -2.22. The lowest BCUT2D eigenvalue weighted by atomic mass is 10.2. The smallest absolute Gasteiger partial charge is 0.242 e. The van der Waals surface area contributed by atoms with Crippen molar-refractivity contribution in [3.8, 4) is 0 Å². The van der Waals surface area contributed by atoms with Crippen LogP contribution in [0.2, 0.25) is 0 Å². The molecule has 6 nitrogen and oxygen atoms in total. The standard InChI is InChI=1S/C14H18N4O2S/c1-16-21(19,20)14-9-11(15)6-7-13(14)18(2)10-12-5-3-4-8-17-12/h3-9,16H,10,15H2,1-2H3. The van der Waals surface area contributed by atoms with Crippen LogP contribution in [-0.4, -0.2) is 27.5 Å². The van der Waals surface area contributed by atoms with Crippen LogP contribution in [0.3, 0.4) is 0 Å². The number of benzene rings is 1. The first-order valence-corrected chi connectivity index (χ1v) is 7.86. The Hall–Kier alpha value is -2.12. The van der Waals surface area contributed by atoms with E-state index in [-0.39, 0.29) is 4.90 Å². The van der Waals surface area contributed by atoms with Crippen LogP contribution in [-0.2, 0) is 16.6 Å². The molecule has 7 heteroatoms. The molecule has 0 unspecified atom stereocenters. The van der Waals surface area contributed by atoms with Crippen LogP contribution in [0.15, 0.2) is 47.5 Å². The molecule has 2 rings (SSSR count). The van der Waals surface area contributed by atoms with E-state index < -0.39 is 10.0 Å².